The van der Waals surface area contributed by atoms with Crippen molar-refractivity contribution < 1.29 is 0 Å². The van der Waals surface area contributed by atoms with Gasteiger partial charge in [-0.1, -0.05) is 6.07 Å². The van der Waals surface area contributed by atoms with Gasteiger partial charge in [0.15, 0.2) is 0 Å². The lowest BCUT2D eigenvalue weighted by Gasteiger charge is -2.01. The summed E-state index contributed by atoms with van der Waals surface area (Å²) < 4.78 is 0. The molecule has 0 spiro atoms. The number of unbranched alkanes of at least 4 members (excludes halogenated alkanes) is 1. The Bertz CT molecular complexity index is 483. The van der Waals surface area contributed by atoms with Crippen LogP contribution in [0.1, 0.15) is 29.7 Å². The molecule has 0 aliphatic rings. The van der Waals surface area contributed by atoms with Crippen molar-refractivity contribution in [2.75, 3.05) is 6.54 Å². The van der Waals surface area contributed by atoms with Crippen LogP contribution in [-0.4, -0.2) is 11.5 Å². The molecule has 0 unspecified atom stereocenters. The highest BCUT2D eigenvalue weighted by Crippen LogP contribution is 2.22. The topological polar surface area (TPSA) is 41.8 Å². The fourth-order valence-electron chi connectivity index (χ4n) is 2.14. The Balaban J connectivity index is 2.25. The molecule has 2 aromatic rings. The van der Waals surface area contributed by atoms with E-state index in [4.69, 9.17) is 5.73 Å². The summed E-state index contributed by atoms with van der Waals surface area (Å²) >= 11 is 0. The molecule has 0 radical (unpaired) electrons. The molecule has 2 rings (SSSR count). The predicted molar refractivity (Wildman–Crippen MR) is 69.8 cm³/mol. The lowest BCUT2D eigenvalue weighted by atomic mass is 10.0. The summed E-state index contributed by atoms with van der Waals surface area (Å²) in [5.74, 6) is 0. The van der Waals surface area contributed by atoms with E-state index in [1.807, 2.05) is 0 Å². The van der Waals surface area contributed by atoms with Crippen LogP contribution in [0.2, 0.25) is 0 Å². The zero-order valence-electron chi connectivity index (χ0n) is 10.1. The van der Waals surface area contributed by atoms with E-state index < -0.39 is 0 Å². The number of nitrogens with one attached hydrogen (secondary N) is 1. The van der Waals surface area contributed by atoms with Crippen LogP contribution in [0.5, 0.6) is 0 Å². The SMILES string of the molecule is Cc1[nH]c2ccc(CCCCN)cc2c1C. The van der Waals surface area contributed by atoms with Gasteiger partial charge < -0.3 is 10.7 Å². The molecule has 0 bridgehead atoms. The van der Waals surface area contributed by atoms with Crippen molar-refractivity contribution in [2.24, 2.45) is 5.73 Å². The average Bonchev–Trinajstić information content (AvgIpc) is 2.56. The molecule has 0 aliphatic heterocycles. The molecule has 1 aromatic heterocycles. The predicted octanol–water partition coefficient (Wildman–Crippen LogP) is 3.07. The number of aryl methyl sites for hydroxylation is 3. The van der Waals surface area contributed by atoms with Gasteiger partial charge in [-0.25, -0.2) is 0 Å². The van der Waals surface area contributed by atoms with E-state index in [-0.39, 0.29) is 0 Å². The highest BCUT2D eigenvalue weighted by atomic mass is 14.7. The highest BCUT2D eigenvalue weighted by molar-refractivity contribution is 5.84. The lowest BCUT2D eigenvalue weighted by Crippen LogP contribution is -1.98. The molecule has 2 heteroatoms. The molecule has 0 saturated heterocycles. The van der Waals surface area contributed by atoms with Gasteiger partial charge in [0.25, 0.3) is 0 Å². The summed E-state index contributed by atoms with van der Waals surface area (Å²) in [7, 11) is 0. The maximum atomic E-state index is 5.51. The summed E-state index contributed by atoms with van der Waals surface area (Å²) in [6, 6.07) is 6.71. The largest absolute Gasteiger partial charge is 0.358 e. The molecule has 2 nitrogen and oxygen atoms in total. The lowest BCUT2D eigenvalue weighted by molar-refractivity contribution is 0.745. The highest BCUT2D eigenvalue weighted by Gasteiger charge is 2.04. The van der Waals surface area contributed by atoms with E-state index in [0.29, 0.717) is 0 Å². The zero-order valence-corrected chi connectivity index (χ0v) is 10.1. The van der Waals surface area contributed by atoms with Crippen LogP contribution in [0, 0.1) is 13.8 Å². The number of H-pyrrole nitrogens is 1. The Labute approximate surface area is 96.9 Å². The van der Waals surface area contributed by atoms with Crippen molar-refractivity contribution in [3.05, 3.63) is 35.0 Å². The van der Waals surface area contributed by atoms with Gasteiger partial charge in [0.05, 0.1) is 0 Å². The van der Waals surface area contributed by atoms with Gasteiger partial charge >= 0.3 is 0 Å². The number of aromatic nitrogens is 1. The minimum Gasteiger partial charge on any atom is -0.358 e. The van der Waals surface area contributed by atoms with E-state index in [1.54, 1.807) is 0 Å². The van der Waals surface area contributed by atoms with Crippen LogP contribution in [0.15, 0.2) is 18.2 Å². The van der Waals surface area contributed by atoms with Crippen LogP contribution >= 0.6 is 0 Å². The molecule has 16 heavy (non-hydrogen) atoms. The molecule has 86 valence electrons. The molecule has 1 heterocycles. The first-order valence-corrected chi connectivity index (χ1v) is 6.00. The van der Waals surface area contributed by atoms with E-state index >= 15 is 0 Å². The van der Waals surface area contributed by atoms with Gasteiger partial charge in [0.1, 0.15) is 0 Å². The van der Waals surface area contributed by atoms with Crippen molar-refractivity contribution in [1.82, 2.24) is 4.98 Å². The van der Waals surface area contributed by atoms with Crippen LogP contribution in [-0.2, 0) is 6.42 Å². The normalized spacial score (nSPS) is 11.2. The van der Waals surface area contributed by atoms with Gasteiger partial charge in [-0.3, -0.25) is 0 Å². The quantitative estimate of drug-likeness (QED) is 0.758. The van der Waals surface area contributed by atoms with Crippen LogP contribution in [0.3, 0.4) is 0 Å². The number of rotatable bonds is 4. The summed E-state index contributed by atoms with van der Waals surface area (Å²) in [5.41, 5.74) is 10.8. The Hall–Kier alpha value is -1.28. The Morgan fingerprint density at radius 1 is 1.19 bits per heavy atom. The van der Waals surface area contributed by atoms with Gasteiger partial charge in [-0.05, 0) is 62.9 Å². The first-order chi connectivity index (χ1) is 7.72. The maximum absolute atomic E-state index is 5.51. The van der Waals surface area contributed by atoms with E-state index in [0.717, 1.165) is 19.4 Å². The third kappa shape index (κ3) is 2.12. The first kappa shape index (κ1) is 11.2. The van der Waals surface area contributed by atoms with Crippen LogP contribution < -0.4 is 5.73 Å². The fourth-order valence-corrected chi connectivity index (χ4v) is 2.14. The third-order valence-corrected chi connectivity index (χ3v) is 3.29. The molecule has 0 atom stereocenters. The smallest absolute Gasteiger partial charge is 0.0458 e. The monoisotopic (exact) mass is 216 g/mol. The van der Waals surface area contributed by atoms with Crippen molar-refractivity contribution in [2.45, 2.75) is 33.1 Å². The molecule has 3 N–H and O–H groups in total. The Morgan fingerprint density at radius 3 is 2.75 bits per heavy atom. The number of benzene rings is 1. The number of aromatic amines is 1. The van der Waals surface area contributed by atoms with Crippen molar-refractivity contribution in [1.29, 1.82) is 0 Å². The van der Waals surface area contributed by atoms with Gasteiger partial charge in [0.2, 0.25) is 0 Å². The average molecular weight is 216 g/mol. The van der Waals surface area contributed by atoms with Gasteiger partial charge in [-0.2, -0.15) is 0 Å². The minimum absolute atomic E-state index is 0.796. The van der Waals surface area contributed by atoms with Gasteiger partial charge in [0, 0.05) is 16.6 Å². The van der Waals surface area contributed by atoms with Crippen molar-refractivity contribution in [3.63, 3.8) is 0 Å². The molecule has 0 saturated carbocycles. The third-order valence-electron chi connectivity index (χ3n) is 3.29. The number of fused-ring (bicyclic) bond motifs is 1. The first-order valence-electron chi connectivity index (χ1n) is 6.00. The summed E-state index contributed by atoms with van der Waals surface area (Å²) in [5, 5.41) is 1.36. The Kier molecular flexibility index (Phi) is 3.30. The number of hydrogen-bond acceptors (Lipinski definition) is 1. The summed E-state index contributed by atoms with van der Waals surface area (Å²) in [6.45, 7) is 5.10. The van der Waals surface area contributed by atoms with E-state index in [9.17, 15) is 0 Å². The van der Waals surface area contributed by atoms with Gasteiger partial charge in [-0.15, -0.1) is 0 Å². The summed E-state index contributed by atoms with van der Waals surface area (Å²) in [6.07, 6.45) is 3.43. The standard InChI is InChI=1S/C14H20N2/c1-10-11(2)16-14-7-6-12(9-13(10)14)5-3-4-8-15/h6-7,9,16H,3-5,8,15H2,1-2H3. The fraction of sp³-hybridized carbons (Fsp3) is 0.429. The maximum Gasteiger partial charge on any atom is 0.0458 e. The number of nitrogens with two attached hydrogens (primary N) is 1. The molecule has 0 fully saturated rings. The van der Waals surface area contributed by atoms with Crippen LogP contribution in [0.4, 0.5) is 0 Å². The molecule has 0 amide bonds. The van der Waals surface area contributed by atoms with E-state index in [1.165, 1.54) is 34.1 Å². The molecule has 1 aromatic carbocycles. The van der Waals surface area contributed by atoms with Crippen molar-refractivity contribution >= 4 is 10.9 Å². The molecular weight excluding hydrogens is 196 g/mol. The molecular formula is C14H20N2. The molecule has 0 aliphatic carbocycles. The van der Waals surface area contributed by atoms with Crippen molar-refractivity contribution in [3.8, 4) is 0 Å². The Morgan fingerprint density at radius 2 is 2.00 bits per heavy atom. The number of hydrogen-bond donors (Lipinski definition) is 2. The van der Waals surface area contributed by atoms with E-state index in [2.05, 4.69) is 37.0 Å². The van der Waals surface area contributed by atoms with Crippen LogP contribution in [0.25, 0.3) is 10.9 Å². The minimum atomic E-state index is 0.796. The second-order valence-electron chi connectivity index (χ2n) is 4.50. The summed E-state index contributed by atoms with van der Waals surface area (Å²) in [4.78, 5) is 3.40. The zero-order chi connectivity index (χ0) is 11.5. The second-order valence-corrected chi connectivity index (χ2v) is 4.50. The second kappa shape index (κ2) is 4.71.